The van der Waals surface area contributed by atoms with Gasteiger partial charge in [0.15, 0.2) is 0 Å². The Balaban J connectivity index is 2.18. The van der Waals surface area contributed by atoms with Gasteiger partial charge in [0.2, 0.25) is 0 Å². The zero-order valence-corrected chi connectivity index (χ0v) is 8.57. The second-order valence-corrected chi connectivity index (χ2v) is 3.49. The summed E-state index contributed by atoms with van der Waals surface area (Å²) >= 11 is 5.78. The molecule has 0 unspecified atom stereocenters. The van der Waals surface area contributed by atoms with Crippen molar-refractivity contribution in [2.45, 2.75) is 13.5 Å². The monoisotopic (exact) mass is 207 g/mol. The van der Waals surface area contributed by atoms with Crippen LogP contribution in [0.5, 0.6) is 0 Å². The second kappa shape index (κ2) is 3.80. The average molecular weight is 208 g/mol. The Morgan fingerprint density at radius 2 is 2.21 bits per heavy atom. The molecule has 4 heteroatoms. The van der Waals surface area contributed by atoms with Gasteiger partial charge in [0.1, 0.15) is 5.15 Å². The molecular formula is C10H10ClN3. The van der Waals surface area contributed by atoms with Crippen molar-refractivity contribution in [3.8, 4) is 0 Å². The molecule has 0 aromatic carbocycles. The van der Waals surface area contributed by atoms with Crippen molar-refractivity contribution < 1.29 is 0 Å². The third kappa shape index (κ3) is 2.12. The van der Waals surface area contributed by atoms with E-state index in [4.69, 9.17) is 11.6 Å². The van der Waals surface area contributed by atoms with Crippen LogP contribution < -0.4 is 0 Å². The van der Waals surface area contributed by atoms with Crippen LogP contribution in [0.1, 0.15) is 11.4 Å². The molecule has 0 radical (unpaired) electrons. The Morgan fingerprint density at radius 1 is 1.36 bits per heavy atom. The summed E-state index contributed by atoms with van der Waals surface area (Å²) < 4.78 is 1.84. The largest absolute Gasteiger partial charge is 0.266 e. The average Bonchev–Trinajstić information content (AvgIpc) is 2.51. The molecule has 0 amide bonds. The van der Waals surface area contributed by atoms with Crippen LogP contribution >= 0.6 is 11.6 Å². The van der Waals surface area contributed by atoms with Gasteiger partial charge in [-0.3, -0.25) is 4.68 Å². The van der Waals surface area contributed by atoms with Crippen LogP contribution in [0.3, 0.4) is 0 Å². The van der Waals surface area contributed by atoms with Crippen molar-refractivity contribution >= 4 is 11.6 Å². The molecule has 2 aromatic heterocycles. The lowest BCUT2D eigenvalue weighted by Gasteiger charge is -2.00. The first-order valence-corrected chi connectivity index (χ1v) is 4.73. The fraction of sp³-hybridized carbons (Fsp3) is 0.200. The summed E-state index contributed by atoms with van der Waals surface area (Å²) in [4.78, 5) is 4.18. The van der Waals surface area contributed by atoms with E-state index in [-0.39, 0.29) is 0 Å². The summed E-state index contributed by atoms with van der Waals surface area (Å²) in [5, 5.41) is 4.79. The molecule has 2 heterocycles. The van der Waals surface area contributed by atoms with E-state index in [9.17, 15) is 0 Å². The summed E-state index contributed by atoms with van der Waals surface area (Å²) in [6.45, 7) is 2.62. The molecule has 0 fully saturated rings. The highest BCUT2D eigenvalue weighted by Crippen LogP contribution is 2.06. The summed E-state index contributed by atoms with van der Waals surface area (Å²) in [6.07, 6.45) is 1.93. The van der Waals surface area contributed by atoms with Crippen LogP contribution in [0.4, 0.5) is 0 Å². The van der Waals surface area contributed by atoms with E-state index < -0.39 is 0 Å². The summed E-state index contributed by atoms with van der Waals surface area (Å²) in [5.74, 6) is 0. The topological polar surface area (TPSA) is 30.7 Å². The molecule has 0 spiro atoms. The lowest BCUT2D eigenvalue weighted by atomic mass is 10.3. The number of aromatic nitrogens is 3. The van der Waals surface area contributed by atoms with E-state index >= 15 is 0 Å². The van der Waals surface area contributed by atoms with Gasteiger partial charge in [0.25, 0.3) is 0 Å². The molecule has 2 aromatic rings. The Bertz CT molecular complexity index is 436. The van der Waals surface area contributed by atoms with Crippen LogP contribution in [-0.2, 0) is 6.54 Å². The van der Waals surface area contributed by atoms with E-state index in [1.54, 1.807) is 6.07 Å². The number of aryl methyl sites for hydroxylation is 1. The maximum absolute atomic E-state index is 5.78. The van der Waals surface area contributed by atoms with Gasteiger partial charge in [-0.05, 0) is 25.1 Å². The van der Waals surface area contributed by atoms with Gasteiger partial charge in [-0.1, -0.05) is 17.7 Å². The molecule has 0 aliphatic heterocycles. The molecule has 0 aliphatic rings. The number of pyridine rings is 1. The number of hydrogen-bond donors (Lipinski definition) is 0. The number of nitrogens with zero attached hydrogens (tertiary/aromatic N) is 3. The molecule has 14 heavy (non-hydrogen) atoms. The van der Waals surface area contributed by atoms with Crippen LogP contribution in [0, 0.1) is 6.92 Å². The van der Waals surface area contributed by atoms with Gasteiger partial charge in [-0.2, -0.15) is 5.10 Å². The van der Waals surface area contributed by atoms with Crippen LogP contribution in [0.2, 0.25) is 5.15 Å². The van der Waals surface area contributed by atoms with Gasteiger partial charge >= 0.3 is 0 Å². The van der Waals surface area contributed by atoms with E-state index in [1.165, 1.54) is 0 Å². The number of hydrogen-bond acceptors (Lipinski definition) is 2. The SMILES string of the molecule is Cc1ccn(Cc2cccc(Cl)n2)n1. The van der Waals surface area contributed by atoms with Gasteiger partial charge < -0.3 is 0 Å². The molecule has 0 aliphatic carbocycles. The first-order chi connectivity index (χ1) is 6.74. The molecule has 3 nitrogen and oxygen atoms in total. The van der Waals surface area contributed by atoms with Gasteiger partial charge in [0.05, 0.1) is 17.9 Å². The van der Waals surface area contributed by atoms with Gasteiger partial charge in [-0.25, -0.2) is 4.98 Å². The third-order valence-corrected chi connectivity index (χ3v) is 2.08. The highest BCUT2D eigenvalue weighted by molar-refractivity contribution is 6.29. The number of rotatable bonds is 2. The Morgan fingerprint density at radius 3 is 2.86 bits per heavy atom. The van der Waals surface area contributed by atoms with E-state index in [2.05, 4.69) is 10.1 Å². The Labute approximate surface area is 87.3 Å². The summed E-state index contributed by atoms with van der Waals surface area (Å²) in [7, 11) is 0. The standard InChI is InChI=1S/C10H10ClN3/c1-8-5-6-14(13-8)7-9-3-2-4-10(11)12-9/h2-6H,7H2,1H3. The van der Waals surface area contributed by atoms with Crippen molar-refractivity contribution in [1.82, 2.24) is 14.8 Å². The number of halogens is 1. The first-order valence-electron chi connectivity index (χ1n) is 4.35. The third-order valence-electron chi connectivity index (χ3n) is 1.87. The minimum Gasteiger partial charge on any atom is -0.266 e. The fourth-order valence-corrected chi connectivity index (χ4v) is 1.44. The minimum absolute atomic E-state index is 0.520. The lowest BCUT2D eigenvalue weighted by Crippen LogP contribution is -2.02. The Hall–Kier alpha value is -1.35. The molecular weight excluding hydrogens is 198 g/mol. The van der Waals surface area contributed by atoms with Crippen LogP contribution in [0.25, 0.3) is 0 Å². The molecule has 0 saturated carbocycles. The summed E-state index contributed by atoms with van der Waals surface area (Å²) in [5.41, 5.74) is 1.92. The van der Waals surface area contributed by atoms with Crippen molar-refractivity contribution in [2.75, 3.05) is 0 Å². The van der Waals surface area contributed by atoms with Crippen LogP contribution in [-0.4, -0.2) is 14.8 Å². The van der Waals surface area contributed by atoms with Crippen molar-refractivity contribution in [2.24, 2.45) is 0 Å². The predicted molar refractivity (Wildman–Crippen MR) is 55.3 cm³/mol. The lowest BCUT2D eigenvalue weighted by molar-refractivity contribution is 0.666. The normalized spacial score (nSPS) is 10.4. The minimum atomic E-state index is 0.520. The zero-order chi connectivity index (χ0) is 9.97. The smallest absolute Gasteiger partial charge is 0.129 e. The zero-order valence-electron chi connectivity index (χ0n) is 7.81. The van der Waals surface area contributed by atoms with Crippen molar-refractivity contribution in [1.29, 1.82) is 0 Å². The predicted octanol–water partition coefficient (Wildman–Crippen LogP) is 2.29. The van der Waals surface area contributed by atoms with E-state index in [0.29, 0.717) is 11.7 Å². The summed E-state index contributed by atoms with van der Waals surface area (Å²) in [6, 6.07) is 7.55. The quantitative estimate of drug-likeness (QED) is 0.708. The fourth-order valence-electron chi connectivity index (χ4n) is 1.26. The van der Waals surface area contributed by atoms with E-state index in [0.717, 1.165) is 11.4 Å². The highest BCUT2D eigenvalue weighted by Gasteiger charge is 1.98. The van der Waals surface area contributed by atoms with Gasteiger partial charge in [0, 0.05) is 6.20 Å². The molecule has 0 saturated heterocycles. The second-order valence-electron chi connectivity index (χ2n) is 3.11. The molecule has 0 N–H and O–H groups in total. The molecule has 0 bridgehead atoms. The molecule has 72 valence electrons. The first kappa shape index (κ1) is 9.21. The molecule has 0 atom stereocenters. The highest BCUT2D eigenvalue weighted by atomic mass is 35.5. The van der Waals surface area contributed by atoms with Crippen molar-refractivity contribution in [3.63, 3.8) is 0 Å². The Kier molecular flexibility index (Phi) is 2.50. The van der Waals surface area contributed by atoms with Crippen molar-refractivity contribution in [3.05, 3.63) is 47.0 Å². The van der Waals surface area contributed by atoms with Gasteiger partial charge in [-0.15, -0.1) is 0 Å². The van der Waals surface area contributed by atoms with E-state index in [1.807, 2.05) is 36.0 Å². The molecule has 2 rings (SSSR count). The maximum atomic E-state index is 5.78. The maximum Gasteiger partial charge on any atom is 0.129 e. The van der Waals surface area contributed by atoms with Crippen LogP contribution in [0.15, 0.2) is 30.5 Å².